The molecular formula is C30H29N2PtS2-. The minimum atomic E-state index is -0.0323. The average Bonchev–Trinajstić information content (AvgIpc) is 3.61. The number of nitrogens with zero attached hydrogens (tertiary/aromatic N) is 2. The van der Waals surface area contributed by atoms with Crippen LogP contribution in [0.1, 0.15) is 86.7 Å². The first kappa shape index (κ1) is 23.8. The van der Waals surface area contributed by atoms with Gasteiger partial charge in [0.05, 0.1) is 11.4 Å². The molecule has 2 fully saturated rings. The van der Waals surface area contributed by atoms with Gasteiger partial charge >= 0.3 is 0 Å². The van der Waals surface area contributed by atoms with Crippen LogP contribution in [0.15, 0.2) is 53.2 Å². The molecule has 2 aromatic heterocycles. The number of benzene rings is 2. The van der Waals surface area contributed by atoms with Gasteiger partial charge in [0, 0.05) is 53.2 Å². The Kier molecular flexibility index (Phi) is 6.36. The molecule has 7 rings (SSSR count). The second-order valence-corrected chi connectivity index (χ2v) is 12.1. The van der Waals surface area contributed by atoms with E-state index in [0.29, 0.717) is 0 Å². The molecule has 2 saturated carbocycles. The monoisotopic (exact) mass is 676 g/mol. The van der Waals surface area contributed by atoms with Crippen molar-refractivity contribution in [3.8, 4) is 21.1 Å². The van der Waals surface area contributed by atoms with Crippen molar-refractivity contribution in [1.82, 2.24) is 9.97 Å². The van der Waals surface area contributed by atoms with Crippen molar-refractivity contribution < 1.29 is 21.1 Å². The fourth-order valence-electron chi connectivity index (χ4n) is 6.73. The molecule has 0 unspecified atom stereocenters. The second kappa shape index (κ2) is 9.36. The largest absolute Gasteiger partial charge is 0.289 e. The molecule has 2 spiro atoms. The van der Waals surface area contributed by atoms with Gasteiger partial charge in [-0.3, -0.25) is 4.98 Å². The molecule has 4 aromatic rings. The molecule has 8 bridgehead atoms. The number of thiazole rings is 2. The van der Waals surface area contributed by atoms with Crippen molar-refractivity contribution in [2.45, 2.75) is 75.0 Å². The molecule has 3 aliphatic rings. The number of hydrogen-bond donors (Lipinski definition) is 0. The summed E-state index contributed by atoms with van der Waals surface area (Å²) in [6.45, 7) is 0. The Hall–Kier alpha value is -1.61. The Morgan fingerprint density at radius 2 is 1.31 bits per heavy atom. The number of rotatable bonds is 0. The van der Waals surface area contributed by atoms with Crippen LogP contribution in [0.5, 0.6) is 0 Å². The van der Waals surface area contributed by atoms with Crippen molar-refractivity contribution >= 4 is 22.7 Å². The van der Waals surface area contributed by atoms with Crippen LogP contribution in [0.25, 0.3) is 21.1 Å². The molecular weight excluding hydrogens is 648 g/mol. The molecule has 3 heterocycles. The summed E-state index contributed by atoms with van der Waals surface area (Å²) in [5.74, 6) is 0. The van der Waals surface area contributed by atoms with Crippen LogP contribution in [0, 0.1) is 6.07 Å². The van der Waals surface area contributed by atoms with E-state index in [2.05, 4.69) is 59.3 Å². The van der Waals surface area contributed by atoms with E-state index in [-0.39, 0.29) is 31.9 Å². The quantitative estimate of drug-likeness (QED) is 0.175. The Morgan fingerprint density at radius 1 is 0.686 bits per heavy atom. The van der Waals surface area contributed by atoms with E-state index in [0.717, 1.165) is 28.4 Å². The minimum Gasteiger partial charge on any atom is -0.289 e. The third kappa shape index (κ3) is 3.83. The summed E-state index contributed by atoms with van der Waals surface area (Å²) in [7, 11) is 0. The number of hydrogen-bond acceptors (Lipinski definition) is 4. The van der Waals surface area contributed by atoms with Crippen molar-refractivity contribution in [1.29, 1.82) is 0 Å². The smallest absolute Gasteiger partial charge is 0.123 e. The van der Waals surface area contributed by atoms with Gasteiger partial charge in [0.15, 0.2) is 0 Å². The van der Waals surface area contributed by atoms with Gasteiger partial charge in [-0.05, 0) is 37.3 Å². The fourth-order valence-corrected chi connectivity index (χ4v) is 8.55. The first-order chi connectivity index (χ1) is 16.8. The summed E-state index contributed by atoms with van der Waals surface area (Å²) in [6, 6.07) is 19.8. The summed E-state index contributed by atoms with van der Waals surface area (Å²) in [5, 5.41) is 6.94. The second-order valence-electron chi connectivity index (χ2n) is 10.4. The van der Waals surface area contributed by atoms with Crippen molar-refractivity contribution in [3.63, 3.8) is 0 Å². The summed E-state index contributed by atoms with van der Waals surface area (Å²) in [6.07, 6.45) is 12.3. The van der Waals surface area contributed by atoms with Crippen LogP contribution in [-0.2, 0) is 31.9 Å². The Balaban J connectivity index is 0.00000229. The van der Waals surface area contributed by atoms with Gasteiger partial charge in [0.2, 0.25) is 0 Å². The Labute approximate surface area is 230 Å². The van der Waals surface area contributed by atoms with Crippen molar-refractivity contribution in [2.24, 2.45) is 0 Å². The Bertz CT molecular complexity index is 1240. The zero-order valence-corrected chi connectivity index (χ0v) is 23.7. The molecule has 182 valence electrons. The van der Waals surface area contributed by atoms with Gasteiger partial charge in [0.25, 0.3) is 0 Å². The maximum absolute atomic E-state index is 5.34. The molecule has 2 aromatic carbocycles. The van der Waals surface area contributed by atoms with Gasteiger partial charge in [-0.2, -0.15) is 11.3 Å². The van der Waals surface area contributed by atoms with Crippen LogP contribution >= 0.6 is 22.7 Å². The van der Waals surface area contributed by atoms with Gasteiger partial charge in [-0.25, -0.2) is 4.98 Å². The Morgan fingerprint density at radius 3 is 2.09 bits per heavy atom. The van der Waals surface area contributed by atoms with E-state index in [1.54, 1.807) is 11.3 Å². The van der Waals surface area contributed by atoms with Gasteiger partial charge in [-0.1, -0.05) is 56.7 Å². The van der Waals surface area contributed by atoms with E-state index in [1.165, 1.54) is 79.4 Å². The molecule has 2 aliphatic carbocycles. The summed E-state index contributed by atoms with van der Waals surface area (Å²) in [4.78, 5) is 10.7. The van der Waals surface area contributed by atoms with Crippen molar-refractivity contribution in [2.75, 3.05) is 0 Å². The number of aromatic nitrogens is 2. The maximum atomic E-state index is 5.34. The predicted octanol–water partition coefficient (Wildman–Crippen LogP) is 8.55. The SMILES string of the molecule is [Pt].[c-]1c2cccc1C1(CCCCC1)c1csc(n1)-c1cccc(c1)C1(CCCCC1)c1csc-2n1. The molecule has 5 heteroatoms. The first-order valence-corrected chi connectivity index (χ1v) is 14.6. The predicted molar refractivity (Wildman–Crippen MR) is 142 cm³/mol. The van der Waals surface area contributed by atoms with Crippen LogP contribution in [0.2, 0.25) is 0 Å². The van der Waals surface area contributed by atoms with Crippen LogP contribution in [0.3, 0.4) is 0 Å². The first-order valence-electron chi connectivity index (χ1n) is 12.8. The molecule has 35 heavy (non-hydrogen) atoms. The molecule has 0 amide bonds. The third-order valence-electron chi connectivity index (χ3n) is 8.61. The van der Waals surface area contributed by atoms with E-state index in [9.17, 15) is 0 Å². The van der Waals surface area contributed by atoms with Gasteiger partial charge in [0.1, 0.15) is 5.01 Å². The molecule has 0 N–H and O–H groups in total. The molecule has 0 radical (unpaired) electrons. The minimum absolute atomic E-state index is 0. The normalized spacial score (nSPS) is 19.7. The van der Waals surface area contributed by atoms with E-state index in [4.69, 9.17) is 9.97 Å². The molecule has 2 nitrogen and oxygen atoms in total. The molecule has 0 saturated heterocycles. The number of fused-ring (bicyclic) bond motifs is 14. The van der Waals surface area contributed by atoms with Crippen LogP contribution in [0.4, 0.5) is 0 Å². The summed E-state index contributed by atoms with van der Waals surface area (Å²) >= 11 is 3.61. The maximum Gasteiger partial charge on any atom is 0.123 e. The van der Waals surface area contributed by atoms with Crippen molar-refractivity contribution in [3.05, 3.63) is 81.8 Å². The molecule has 0 atom stereocenters. The molecule has 1 aliphatic heterocycles. The van der Waals surface area contributed by atoms with Gasteiger partial charge in [-0.15, -0.1) is 46.7 Å². The summed E-state index contributed by atoms with van der Waals surface area (Å²) < 4.78 is 0. The van der Waals surface area contributed by atoms with E-state index >= 15 is 0 Å². The summed E-state index contributed by atoms with van der Waals surface area (Å²) in [5.41, 5.74) is 7.60. The zero-order chi connectivity index (χ0) is 22.6. The average molecular weight is 677 g/mol. The fraction of sp³-hybridized carbons (Fsp3) is 0.400. The zero-order valence-electron chi connectivity index (χ0n) is 19.8. The standard InChI is InChI=1S/C30H29N2S2.Pt/c1-3-13-29(14-4-1)23-11-7-9-21(17-23)28-32-26(20-34-28)30(15-5-2-6-16-30)24-12-8-10-22(18-24)27-31-25(29)19-33-27;/h7-12,17,19-20H,1-6,13-16H2;/q-1;. The topological polar surface area (TPSA) is 25.8 Å². The van der Waals surface area contributed by atoms with Gasteiger partial charge < -0.3 is 0 Å². The van der Waals surface area contributed by atoms with E-state index < -0.39 is 0 Å². The van der Waals surface area contributed by atoms with Crippen LogP contribution in [-0.4, -0.2) is 9.97 Å². The third-order valence-corrected chi connectivity index (χ3v) is 10.4. The van der Waals surface area contributed by atoms with Crippen LogP contribution < -0.4 is 0 Å². The van der Waals surface area contributed by atoms with E-state index in [1.807, 2.05) is 11.3 Å².